The van der Waals surface area contributed by atoms with Gasteiger partial charge in [0.2, 0.25) is 5.91 Å². The number of carbonyl (C=O) groups is 1. The predicted molar refractivity (Wildman–Crippen MR) is 60.2 cm³/mol. The lowest BCUT2D eigenvalue weighted by Gasteiger charge is -2.15. The maximum atomic E-state index is 12.0. The van der Waals surface area contributed by atoms with Crippen molar-refractivity contribution in [1.29, 1.82) is 0 Å². The lowest BCUT2D eigenvalue weighted by atomic mass is 10.0. The van der Waals surface area contributed by atoms with Crippen molar-refractivity contribution >= 4 is 17.4 Å². The molecule has 84 valence electrons. The predicted octanol–water partition coefficient (Wildman–Crippen LogP) is 1.32. The van der Waals surface area contributed by atoms with Crippen LogP contribution in [0.15, 0.2) is 6.20 Å². The van der Waals surface area contributed by atoms with E-state index in [0.717, 1.165) is 30.5 Å². The molecule has 2 N–H and O–H groups in total. The smallest absolute Gasteiger partial charge is 0.229 e. The highest BCUT2D eigenvalue weighted by Crippen LogP contribution is 2.35. The first kappa shape index (κ1) is 9.57. The third-order valence-electron chi connectivity index (χ3n) is 3.46. The molecular formula is C11H14N4O. The van der Waals surface area contributed by atoms with Crippen molar-refractivity contribution in [2.45, 2.75) is 32.2 Å². The molecule has 5 heteroatoms. The molecule has 16 heavy (non-hydrogen) atoms. The summed E-state index contributed by atoms with van der Waals surface area (Å²) in [6.45, 7) is 1.93. The average Bonchev–Trinajstić information content (AvgIpc) is 2.66. The van der Waals surface area contributed by atoms with Gasteiger partial charge in [0.25, 0.3) is 0 Å². The Morgan fingerprint density at radius 2 is 2.31 bits per heavy atom. The summed E-state index contributed by atoms with van der Waals surface area (Å²) in [5.41, 5.74) is 1.74. The third-order valence-corrected chi connectivity index (χ3v) is 3.46. The largest absolute Gasteiger partial charge is 0.363 e. The monoisotopic (exact) mass is 218 g/mol. The van der Waals surface area contributed by atoms with Gasteiger partial charge in [0, 0.05) is 6.04 Å². The SMILES string of the molecule is Cc1cnnc2c1NC(=O)C1CCCC1N2. The van der Waals surface area contributed by atoms with Crippen molar-refractivity contribution in [2.24, 2.45) is 5.92 Å². The second-order valence-electron chi connectivity index (χ2n) is 4.53. The van der Waals surface area contributed by atoms with Crippen molar-refractivity contribution in [1.82, 2.24) is 10.2 Å². The molecular weight excluding hydrogens is 204 g/mol. The fourth-order valence-corrected chi connectivity index (χ4v) is 2.57. The number of aryl methyl sites for hydroxylation is 1. The molecule has 2 unspecified atom stereocenters. The Morgan fingerprint density at radius 3 is 3.19 bits per heavy atom. The van der Waals surface area contributed by atoms with Crippen molar-refractivity contribution in [2.75, 3.05) is 10.6 Å². The zero-order valence-electron chi connectivity index (χ0n) is 9.16. The summed E-state index contributed by atoms with van der Waals surface area (Å²) in [5.74, 6) is 0.904. The fourth-order valence-electron chi connectivity index (χ4n) is 2.57. The quantitative estimate of drug-likeness (QED) is 0.689. The summed E-state index contributed by atoms with van der Waals surface area (Å²) >= 11 is 0. The topological polar surface area (TPSA) is 66.9 Å². The van der Waals surface area contributed by atoms with E-state index >= 15 is 0 Å². The Hall–Kier alpha value is -1.65. The molecule has 0 spiro atoms. The van der Waals surface area contributed by atoms with Gasteiger partial charge in [-0.05, 0) is 25.3 Å². The first-order chi connectivity index (χ1) is 7.75. The number of rotatable bonds is 0. The Balaban J connectivity index is 2.05. The molecule has 1 aliphatic carbocycles. The van der Waals surface area contributed by atoms with Crippen molar-refractivity contribution in [3.8, 4) is 0 Å². The molecule has 0 aromatic carbocycles. The maximum Gasteiger partial charge on any atom is 0.229 e. The minimum absolute atomic E-state index is 0.0774. The van der Waals surface area contributed by atoms with E-state index in [-0.39, 0.29) is 17.9 Å². The molecule has 1 fully saturated rings. The van der Waals surface area contributed by atoms with Crippen LogP contribution in [-0.4, -0.2) is 22.1 Å². The van der Waals surface area contributed by atoms with Crippen LogP contribution in [0.2, 0.25) is 0 Å². The highest BCUT2D eigenvalue weighted by Gasteiger charge is 2.36. The van der Waals surface area contributed by atoms with Crippen molar-refractivity contribution in [3.05, 3.63) is 11.8 Å². The Bertz CT molecular complexity index is 446. The zero-order valence-corrected chi connectivity index (χ0v) is 9.16. The van der Waals surface area contributed by atoms with Crippen molar-refractivity contribution in [3.63, 3.8) is 0 Å². The number of nitrogens with one attached hydrogen (secondary N) is 2. The van der Waals surface area contributed by atoms with E-state index in [2.05, 4.69) is 20.8 Å². The summed E-state index contributed by atoms with van der Waals surface area (Å²) in [4.78, 5) is 12.0. The molecule has 2 heterocycles. The van der Waals surface area contributed by atoms with Gasteiger partial charge in [-0.25, -0.2) is 0 Å². The Labute approximate surface area is 93.6 Å². The van der Waals surface area contributed by atoms with Crippen LogP contribution < -0.4 is 10.6 Å². The van der Waals surface area contributed by atoms with Gasteiger partial charge in [-0.15, -0.1) is 5.10 Å². The molecule has 1 aromatic heterocycles. The minimum Gasteiger partial charge on any atom is -0.363 e. The molecule has 2 aliphatic rings. The normalized spacial score (nSPS) is 27.4. The number of nitrogens with zero attached hydrogens (tertiary/aromatic N) is 2. The molecule has 1 aliphatic heterocycles. The first-order valence-electron chi connectivity index (χ1n) is 5.65. The van der Waals surface area contributed by atoms with E-state index in [0.29, 0.717) is 5.82 Å². The highest BCUT2D eigenvalue weighted by atomic mass is 16.2. The van der Waals surface area contributed by atoms with Gasteiger partial charge in [-0.2, -0.15) is 5.10 Å². The van der Waals surface area contributed by atoms with Crippen LogP contribution in [-0.2, 0) is 4.79 Å². The zero-order chi connectivity index (χ0) is 11.1. The van der Waals surface area contributed by atoms with Gasteiger partial charge in [-0.1, -0.05) is 6.42 Å². The summed E-state index contributed by atoms with van der Waals surface area (Å²) in [6, 6.07) is 0.220. The van der Waals surface area contributed by atoms with E-state index in [4.69, 9.17) is 0 Å². The second kappa shape index (κ2) is 3.43. The van der Waals surface area contributed by atoms with E-state index in [1.807, 2.05) is 6.92 Å². The van der Waals surface area contributed by atoms with Crippen LogP contribution in [0.25, 0.3) is 0 Å². The fraction of sp³-hybridized carbons (Fsp3) is 0.545. The lowest BCUT2D eigenvalue weighted by molar-refractivity contribution is -0.119. The third kappa shape index (κ3) is 1.35. The van der Waals surface area contributed by atoms with Crippen LogP contribution in [0.3, 0.4) is 0 Å². The standard InChI is InChI=1S/C11H14N4O/c1-6-5-12-15-10-9(6)14-11(16)7-3-2-4-8(7)13-10/h5,7-8H,2-4H2,1H3,(H,13,15)(H,14,16). The summed E-state index contributed by atoms with van der Waals surface area (Å²) in [6.07, 6.45) is 4.77. The van der Waals surface area contributed by atoms with Crippen molar-refractivity contribution < 1.29 is 4.79 Å². The van der Waals surface area contributed by atoms with Crippen LogP contribution in [0.4, 0.5) is 11.5 Å². The Morgan fingerprint density at radius 1 is 1.44 bits per heavy atom. The number of hydrogen-bond acceptors (Lipinski definition) is 4. The molecule has 5 nitrogen and oxygen atoms in total. The van der Waals surface area contributed by atoms with E-state index in [9.17, 15) is 4.79 Å². The molecule has 0 bridgehead atoms. The number of fused-ring (bicyclic) bond motifs is 2. The van der Waals surface area contributed by atoms with Gasteiger partial charge in [0.05, 0.1) is 17.8 Å². The molecule has 1 saturated carbocycles. The van der Waals surface area contributed by atoms with Gasteiger partial charge in [-0.3, -0.25) is 4.79 Å². The first-order valence-corrected chi connectivity index (χ1v) is 5.65. The second-order valence-corrected chi connectivity index (χ2v) is 4.53. The molecule has 0 radical (unpaired) electrons. The molecule has 0 saturated heterocycles. The van der Waals surface area contributed by atoms with Gasteiger partial charge < -0.3 is 10.6 Å². The van der Waals surface area contributed by atoms with E-state index in [1.54, 1.807) is 6.20 Å². The molecule has 1 amide bonds. The molecule has 1 aromatic rings. The number of aromatic nitrogens is 2. The van der Waals surface area contributed by atoms with Crippen LogP contribution in [0, 0.1) is 12.8 Å². The highest BCUT2D eigenvalue weighted by molar-refractivity contribution is 5.98. The van der Waals surface area contributed by atoms with Gasteiger partial charge in [0.15, 0.2) is 5.82 Å². The van der Waals surface area contributed by atoms with Crippen LogP contribution >= 0.6 is 0 Å². The van der Waals surface area contributed by atoms with Gasteiger partial charge in [0.1, 0.15) is 0 Å². The van der Waals surface area contributed by atoms with E-state index < -0.39 is 0 Å². The number of anilines is 2. The summed E-state index contributed by atoms with van der Waals surface area (Å²) < 4.78 is 0. The average molecular weight is 218 g/mol. The maximum absolute atomic E-state index is 12.0. The molecule has 3 rings (SSSR count). The summed E-state index contributed by atoms with van der Waals surface area (Å²) in [7, 11) is 0. The lowest BCUT2D eigenvalue weighted by Crippen LogP contribution is -2.30. The number of carbonyl (C=O) groups excluding carboxylic acids is 1. The number of amides is 1. The Kier molecular flexibility index (Phi) is 2.05. The van der Waals surface area contributed by atoms with Crippen LogP contribution in [0.5, 0.6) is 0 Å². The molecule has 2 atom stereocenters. The minimum atomic E-state index is 0.0774. The summed E-state index contributed by atoms with van der Waals surface area (Å²) in [5, 5.41) is 14.3. The van der Waals surface area contributed by atoms with Crippen LogP contribution in [0.1, 0.15) is 24.8 Å². The van der Waals surface area contributed by atoms with E-state index in [1.165, 1.54) is 0 Å². The number of hydrogen-bond donors (Lipinski definition) is 2. The van der Waals surface area contributed by atoms with Gasteiger partial charge >= 0.3 is 0 Å².